The molecule has 0 saturated carbocycles. The predicted octanol–water partition coefficient (Wildman–Crippen LogP) is 0.653. The van der Waals surface area contributed by atoms with Crippen molar-refractivity contribution in [3.05, 3.63) is 0 Å². The van der Waals surface area contributed by atoms with Crippen molar-refractivity contribution in [3.8, 4) is 0 Å². The molecule has 0 radical (unpaired) electrons. The van der Waals surface area contributed by atoms with Crippen LogP contribution in [0.1, 0.15) is 33.1 Å². The summed E-state index contributed by atoms with van der Waals surface area (Å²) < 4.78 is 0. The van der Waals surface area contributed by atoms with Gasteiger partial charge in [0.05, 0.1) is 0 Å². The molecule has 0 aliphatic carbocycles. The van der Waals surface area contributed by atoms with E-state index in [-0.39, 0.29) is 5.91 Å². The average molecular weight is 170 g/mol. The van der Waals surface area contributed by atoms with E-state index < -0.39 is 0 Å². The first-order valence-corrected chi connectivity index (χ1v) is 4.71. The summed E-state index contributed by atoms with van der Waals surface area (Å²) in [7, 11) is 0. The second-order valence-electron chi connectivity index (χ2n) is 3.70. The second kappa shape index (κ2) is 4.45. The maximum atomic E-state index is 10.8. The smallest absolute Gasteiger partial charge is 0.220 e. The molecular formula is C9H18N2O. The van der Waals surface area contributed by atoms with Crippen molar-refractivity contribution >= 4 is 5.91 Å². The molecule has 0 aromatic heterocycles. The van der Waals surface area contributed by atoms with Gasteiger partial charge in [-0.1, -0.05) is 13.8 Å². The zero-order chi connectivity index (χ0) is 8.97. The van der Waals surface area contributed by atoms with E-state index in [2.05, 4.69) is 24.5 Å². The number of hydrogen-bond donors (Lipinski definition) is 2. The SMILES string of the molecule is CC(C)NCCC1CCC(=O)N1. The maximum Gasteiger partial charge on any atom is 0.220 e. The molecule has 3 nitrogen and oxygen atoms in total. The number of hydrogen-bond acceptors (Lipinski definition) is 2. The summed E-state index contributed by atoms with van der Waals surface area (Å²) in [6, 6.07) is 0.964. The average Bonchev–Trinajstić information content (AvgIpc) is 2.35. The van der Waals surface area contributed by atoms with Gasteiger partial charge in [0, 0.05) is 18.5 Å². The fourth-order valence-corrected chi connectivity index (χ4v) is 1.44. The lowest BCUT2D eigenvalue weighted by molar-refractivity contribution is -0.119. The monoisotopic (exact) mass is 170 g/mol. The fraction of sp³-hybridized carbons (Fsp3) is 0.889. The first-order chi connectivity index (χ1) is 5.68. The van der Waals surface area contributed by atoms with Crippen LogP contribution in [-0.4, -0.2) is 24.5 Å². The molecule has 70 valence electrons. The number of nitrogens with one attached hydrogen (secondary N) is 2. The quantitative estimate of drug-likeness (QED) is 0.650. The van der Waals surface area contributed by atoms with Crippen LogP contribution in [0, 0.1) is 0 Å². The van der Waals surface area contributed by atoms with Crippen LogP contribution in [0.25, 0.3) is 0 Å². The summed E-state index contributed by atoms with van der Waals surface area (Å²) in [4.78, 5) is 10.8. The summed E-state index contributed by atoms with van der Waals surface area (Å²) in [6.45, 7) is 5.27. The summed E-state index contributed by atoms with van der Waals surface area (Å²) in [5, 5.41) is 6.28. The lowest BCUT2D eigenvalue weighted by atomic mass is 10.1. The standard InChI is InChI=1S/C9H18N2O/c1-7(2)10-6-5-8-3-4-9(12)11-8/h7-8,10H,3-6H2,1-2H3,(H,11,12). The van der Waals surface area contributed by atoms with E-state index >= 15 is 0 Å². The normalized spacial score (nSPS) is 23.2. The van der Waals surface area contributed by atoms with E-state index in [4.69, 9.17) is 0 Å². The lowest BCUT2D eigenvalue weighted by Gasteiger charge is -2.12. The molecule has 1 unspecified atom stereocenters. The molecule has 1 fully saturated rings. The highest BCUT2D eigenvalue weighted by Crippen LogP contribution is 2.08. The van der Waals surface area contributed by atoms with E-state index in [1.807, 2.05) is 0 Å². The Morgan fingerprint density at radius 3 is 2.92 bits per heavy atom. The predicted molar refractivity (Wildman–Crippen MR) is 48.9 cm³/mol. The van der Waals surface area contributed by atoms with Crippen molar-refractivity contribution in [3.63, 3.8) is 0 Å². The summed E-state index contributed by atoms with van der Waals surface area (Å²) in [5.74, 6) is 0.213. The van der Waals surface area contributed by atoms with Gasteiger partial charge in [0.25, 0.3) is 0 Å². The topological polar surface area (TPSA) is 41.1 Å². The Hall–Kier alpha value is -0.570. The molecule has 3 heteroatoms. The number of rotatable bonds is 4. The van der Waals surface area contributed by atoms with E-state index in [9.17, 15) is 4.79 Å². The number of carbonyl (C=O) groups is 1. The van der Waals surface area contributed by atoms with E-state index in [1.165, 1.54) is 0 Å². The number of amides is 1. The van der Waals surface area contributed by atoms with Gasteiger partial charge in [0.2, 0.25) is 5.91 Å². The van der Waals surface area contributed by atoms with Gasteiger partial charge in [-0.3, -0.25) is 4.79 Å². The first kappa shape index (κ1) is 9.52. The first-order valence-electron chi connectivity index (χ1n) is 4.71. The highest BCUT2D eigenvalue weighted by molar-refractivity contribution is 5.78. The molecule has 1 aliphatic heterocycles. The van der Waals surface area contributed by atoms with E-state index in [0.29, 0.717) is 18.5 Å². The second-order valence-corrected chi connectivity index (χ2v) is 3.70. The molecule has 0 aromatic carbocycles. The van der Waals surface area contributed by atoms with Gasteiger partial charge >= 0.3 is 0 Å². The molecule has 0 bridgehead atoms. The van der Waals surface area contributed by atoms with Gasteiger partial charge in [-0.2, -0.15) is 0 Å². The fourth-order valence-electron chi connectivity index (χ4n) is 1.44. The molecule has 12 heavy (non-hydrogen) atoms. The zero-order valence-corrected chi connectivity index (χ0v) is 7.89. The Bertz CT molecular complexity index is 157. The summed E-state index contributed by atoms with van der Waals surface area (Å²) in [5.41, 5.74) is 0. The van der Waals surface area contributed by atoms with Crippen LogP contribution in [0.5, 0.6) is 0 Å². The Morgan fingerprint density at radius 1 is 1.67 bits per heavy atom. The van der Waals surface area contributed by atoms with Crippen molar-refractivity contribution < 1.29 is 4.79 Å². The maximum absolute atomic E-state index is 10.8. The van der Waals surface area contributed by atoms with Crippen LogP contribution in [-0.2, 0) is 4.79 Å². The summed E-state index contributed by atoms with van der Waals surface area (Å²) in [6.07, 6.45) is 2.79. The van der Waals surface area contributed by atoms with Gasteiger partial charge in [-0.05, 0) is 19.4 Å². The molecule has 1 heterocycles. The van der Waals surface area contributed by atoms with Crippen LogP contribution >= 0.6 is 0 Å². The van der Waals surface area contributed by atoms with Crippen LogP contribution < -0.4 is 10.6 Å². The van der Waals surface area contributed by atoms with Gasteiger partial charge in [0.15, 0.2) is 0 Å². The van der Waals surface area contributed by atoms with Gasteiger partial charge < -0.3 is 10.6 Å². The minimum Gasteiger partial charge on any atom is -0.353 e. The van der Waals surface area contributed by atoms with Crippen LogP contribution in [0.2, 0.25) is 0 Å². The third kappa shape index (κ3) is 3.22. The van der Waals surface area contributed by atoms with Crippen LogP contribution in [0.15, 0.2) is 0 Å². The largest absolute Gasteiger partial charge is 0.353 e. The minimum atomic E-state index is 0.213. The molecular weight excluding hydrogens is 152 g/mol. The van der Waals surface area contributed by atoms with Gasteiger partial charge in [0.1, 0.15) is 0 Å². The van der Waals surface area contributed by atoms with Crippen molar-refractivity contribution in [2.75, 3.05) is 6.54 Å². The number of carbonyl (C=O) groups excluding carboxylic acids is 1. The molecule has 1 rings (SSSR count). The Morgan fingerprint density at radius 2 is 2.42 bits per heavy atom. The van der Waals surface area contributed by atoms with Gasteiger partial charge in [-0.15, -0.1) is 0 Å². The highest BCUT2D eigenvalue weighted by Gasteiger charge is 2.19. The minimum absolute atomic E-state index is 0.213. The molecule has 1 amide bonds. The van der Waals surface area contributed by atoms with Crippen molar-refractivity contribution in [1.82, 2.24) is 10.6 Å². The third-order valence-corrected chi connectivity index (χ3v) is 2.13. The molecule has 2 N–H and O–H groups in total. The Kier molecular flexibility index (Phi) is 3.53. The van der Waals surface area contributed by atoms with Crippen LogP contribution in [0.4, 0.5) is 0 Å². The third-order valence-electron chi connectivity index (χ3n) is 2.13. The Labute approximate surface area is 73.9 Å². The zero-order valence-electron chi connectivity index (χ0n) is 7.89. The van der Waals surface area contributed by atoms with E-state index in [1.54, 1.807) is 0 Å². The molecule has 1 saturated heterocycles. The van der Waals surface area contributed by atoms with Crippen LogP contribution in [0.3, 0.4) is 0 Å². The van der Waals surface area contributed by atoms with E-state index in [0.717, 1.165) is 19.4 Å². The van der Waals surface area contributed by atoms with Gasteiger partial charge in [-0.25, -0.2) is 0 Å². The highest BCUT2D eigenvalue weighted by atomic mass is 16.1. The molecule has 0 spiro atoms. The van der Waals surface area contributed by atoms with Crippen molar-refractivity contribution in [2.45, 2.75) is 45.2 Å². The Balaban J connectivity index is 2.04. The molecule has 1 atom stereocenters. The lowest BCUT2D eigenvalue weighted by Crippen LogP contribution is -2.31. The molecule has 0 aromatic rings. The summed E-state index contributed by atoms with van der Waals surface area (Å²) >= 11 is 0. The molecule has 1 aliphatic rings. The van der Waals surface area contributed by atoms with Crippen molar-refractivity contribution in [2.24, 2.45) is 0 Å². The van der Waals surface area contributed by atoms with Crippen molar-refractivity contribution in [1.29, 1.82) is 0 Å².